The fourth-order valence-corrected chi connectivity index (χ4v) is 5.70. The van der Waals surface area contributed by atoms with Crippen LogP contribution in [-0.2, 0) is 4.74 Å². The summed E-state index contributed by atoms with van der Waals surface area (Å²) in [5.41, 5.74) is 0. The van der Waals surface area contributed by atoms with Crippen molar-refractivity contribution >= 4 is 0 Å². The maximum Gasteiger partial charge on any atom is 0.108 e. The molecule has 78 valence electrons. The summed E-state index contributed by atoms with van der Waals surface area (Å²) in [5, 5.41) is 0. The first-order valence-electron chi connectivity index (χ1n) is 6.44. The quantitative estimate of drug-likeness (QED) is 0.431. The van der Waals surface area contributed by atoms with Crippen LogP contribution in [0.4, 0.5) is 0 Å². The molecule has 5 aliphatic rings. The summed E-state index contributed by atoms with van der Waals surface area (Å²) in [6, 6.07) is 0. The SMILES string of the molecule is C1=CC2C3CC(C2O1)C1C2C=CC(C2)C31. The smallest absolute Gasteiger partial charge is 0.108 e. The molecule has 3 saturated carbocycles. The molecule has 1 heteroatoms. The van der Waals surface area contributed by atoms with Gasteiger partial charge in [0.25, 0.3) is 0 Å². The van der Waals surface area contributed by atoms with Crippen LogP contribution in [-0.4, -0.2) is 6.10 Å². The van der Waals surface area contributed by atoms with Gasteiger partial charge < -0.3 is 4.74 Å². The van der Waals surface area contributed by atoms with Crippen LogP contribution in [0.2, 0.25) is 0 Å². The number of hydrogen-bond acceptors (Lipinski definition) is 1. The van der Waals surface area contributed by atoms with Crippen LogP contribution in [0.15, 0.2) is 24.5 Å². The zero-order valence-electron chi connectivity index (χ0n) is 8.75. The Labute approximate surface area is 90.2 Å². The minimum absolute atomic E-state index is 0.573. The molecule has 0 saturated heterocycles. The maximum atomic E-state index is 5.82. The Balaban J connectivity index is 1.63. The second kappa shape index (κ2) is 2.18. The van der Waals surface area contributed by atoms with Gasteiger partial charge in [0.2, 0.25) is 0 Å². The van der Waals surface area contributed by atoms with Gasteiger partial charge in [0, 0.05) is 11.8 Å². The predicted octanol–water partition coefficient (Wildman–Crippen LogP) is 2.60. The molecule has 8 unspecified atom stereocenters. The molecule has 0 aromatic rings. The maximum absolute atomic E-state index is 5.82. The van der Waals surface area contributed by atoms with E-state index in [-0.39, 0.29) is 0 Å². The van der Waals surface area contributed by atoms with Crippen LogP contribution in [0.5, 0.6) is 0 Å². The standard InChI is InChI=1S/C14H16O/c1-2-8-5-7(1)12-10-6-11(13(8)12)14-9(10)3-4-15-14/h1-4,7-14H,5-6H2. The molecule has 0 aromatic heterocycles. The Kier molecular flexibility index (Phi) is 1.10. The first kappa shape index (κ1) is 7.54. The van der Waals surface area contributed by atoms with Crippen LogP contribution in [0.3, 0.4) is 0 Å². The van der Waals surface area contributed by atoms with E-state index in [4.69, 9.17) is 4.74 Å². The molecular formula is C14H16O. The van der Waals surface area contributed by atoms with Crippen molar-refractivity contribution in [3.63, 3.8) is 0 Å². The second-order valence-corrected chi connectivity index (χ2v) is 6.17. The van der Waals surface area contributed by atoms with E-state index in [0.29, 0.717) is 6.10 Å². The third kappa shape index (κ3) is 0.668. The Morgan fingerprint density at radius 1 is 0.867 bits per heavy atom. The summed E-state index contributed by atoms with van der Waals surface area (Å²) < 4.78 is 5.82. The van der Waals surface area contributed by atoms with Gasteiger partial charge in [-0.15, -0.1) is 0 Å². The molecule has 1 heterocycles. The summed E-state index contributed by atoms with van der Waals surface area (Å²) in [5.74, 6) is 6.50. The van der Waals surface area contributed by atoms with Crippen molar-refractivity contribution in [2.45, 2.75) is 18.9 Å². The highest BCUT2D eigenvalue weighted by atomic mass is 16.5. The minimum Gasteiger partial charge on any atom is -0.497 e. The van der Waals surface area contributed by atoms with Crippen LogP contribution in [0, 0.1) is 41.4 Å². The highest BCUT2D eigenvalue weighted by Gasteiger charge is 2.65. The highest BCUT2D eigenvalue weighted by Crippen LogP contribution is 2.68. The normalized spacial score (nSPS) is 66.1. The Hall–Kier alpha value is -0.720. The lowest BCUT2D eigenvalue weighted by molar-refractivity contribution is 0.0267. The van der Waals surface area contributed by atoms with Gasteiger partial charge in [-0.2, -0.15) is 0 Å². The monoisotopic (exact) mass is 200 g/mol. The minimum atomic E-state index is 0.573. The molecule has 0 aromatic carbocycles. The molecule has 8 atom stereocenters. The van der Waals surface area contributed by atoms with Gasteiger partial charge in [0.05, 0.1) is 6.26 Å². The van der Waals surface area contributed by atoms with E-state index in [9.17, 15) is 0 Å². The molecule has 1 aliphatic heterocycles. The lowest BCUT2D eigenvalue weighted by Crippen LogP contribution is -2.38. The number of rotatable bonds is 0. The first-order valence-corrected chi connectivity index (χ1v) is 6.44. The molecule has 4 bridgehead atoms. The van der Waals surface area contributed by atoms with Crippen molar-refractivity contribution in [2.75, 3.05) is 0 Å². The zero-order valence-corrected chi connectivity index (χ0v) is 8.75. The summed E-state index contributed by atoms with van der Waals surface area (Å²) in [6.07, 6.45) is 12.8. The van der Waals surface area contributed by atoms with E-state index in [0.717, 1.165) is 41.4 Å². The van der Waals surface area contributed by atoms with Crippen LogP contribution >= 0.6 is 0 Å². The molecular weight excluding hydrogens is 184 g/mol. The van der Waals surface area contributed by atoms with Gasteiger partial charge in [-0.05, 0) is 48.5 Å². The first-order chi connectivity index (χ1) is 7.43. The van der Waals surface area contributed by atoms with Gasteiger partial charge in [-0.1, -0.05) is 12.2 Å². The highest BCUT2D eigenvalue weighted by molar-refractivity contribution is 5.25. The number of ether oxygens (including phenoxy) is 1. The molecule has 5 rings (SSSR count). The average Bonchev–Trinajstić information content (AvgIpc) is 3.03. The van der Waals surface area contributed by atoms with Crippen LogP contribution in [0.1, 0.15) is 12.8 Å². The summed E-state index contributed by atoms with van der Waals surface area (Å²) in [7, 11) is 0. The fraction of sp³-hybridized carbons (Fsp3) is 0.714. The lowest BCUT2D eigenvalue weighted by atomic mass is 9.68. The largest absolute Gasteiger partial charge is 0.497 e. The van der Waals surface area contributed by atoms with E-state index in [1.807, 2.05) is 6.26 Å². The predicted molar refractivity (Wildman–Crippen MR) is 56.8 cm³/mol. The molecule has 15 heavy (non-hydrogen) atoms. The van der Waals surface area contributed by atoms with Crippen molar-refractivity contribution in [1.82, 2.24) is 0 Å². The molecule has 3 fully saturated rings. The van der Waals surface area contributed by atoms with Crippen molar-refractivity contribution in [1.29, 1.82) is 0 Å². The van der Waals surface area contributed by atoms with Gasteiger partial charge >= 0.3 is 0 Å². The van der Waals surface area contributed by atoms with Crippen molar-refractivity contribution in [3.8, 4) is 0 Å². The van der Waals surface area contributed by atoms with E-state index >= 15 is 0 Å². The molecule has 0 N–H and O–H groups in total. The van der Waals surface area contributed by atoms with E-state index in [1.165, 1.54) is 12.8 Å². The van der Waals surface area contributed by atoms with Gasteiger partial charge in [-0.3, -0.25) is 0 Å². The topological polar surface area (TPSA) is 9.23 Å². The third-order valence-electron chi connectivity index (χ3n) is 5.95. The Bertz CT molecular complexity index is 383. The van der Waals surface area contributed by atoms with Crippen molar-refractivity contribution in [3.05, 3.63) is 24.5 Å². The number of hydrogen-bond donors (Lipinski definition) is 0. The van der Waals surface area contributed by atoms with Crippen LogP contribution in [0.25, 0.3) is 0 Å². The number of allylic oxidation sites excluding steroid dienone is 2. The molecule has 4 aliphatic carbocycles. The van der Waals surface area contributed by atoms with Crippen molar-refractivity contribution < 1.29 is 4.74 Å². The molecule has 0 amide bonds. The molecule has 0 radical (unpaired) electrons. The van der Waals surface area contributed by atoms with E-state index in [1.54, 1.807) is 0 Å². The van der Waals surface area contributed by atoms with Gasteiger partial charge in [0.1, 0.15) is 6.10 Å². The van der Waals surface area contributed by atoms with Crippen molar-refractivity contribution in [2.24, 2.45) is 41.4 Å². The lowest BCUT2D eigenvalue weighted by Gasteiger charge is -2.37. The molecule has 0 spiro atoms. The van der Waals surface area contributed by atoms with Gasteiger partial charge in [-0.25, -0.2) is 0 Å². The Morgan fingerprint density at radius 2 is 1.67 bits per heavy atom. The molecule has 1 nitrogen and oxygen atoms in total. The summed E-state index contributed by atoms with van der Waals surface area (Å²) in [6.45, 7) is 0. The third-order valence-corrected chi connectivity index (χ3v) is 5.95. The van der Waals surface area contributed by atoms with E-state index < -0.39 is 0 Å². The Morgan fingerprint density at radius 3 is 2.53 bits per heavy atom. The van der Waals surface area contributed by atoms with Gasteiger partial charge in [0.15, 0.2) is 0 Å². The number of fused-ring (bicyclic) bond motifs is 12. The van der Waals surface area contributed by atoms with E-state index in [2.05, 4.69) is 18.2 Å². The van der Waals surface area contributed by atoms with Crippen LogP contribution < -0.4 is 0 Å². The summed E-state index contributed by atoms with van der Waals surface area (Å²) >= 11 is 0. The average molecular weight is 200 g/mol. The summed E-state index contributed by atoms with van der Waals surface area (Å²) in [4.78, 5) is 0. The zero-order chi connectivity index (χ0) is 9.57. The second-order valence-electron chi connectivity index (χ2n) is 6.17. The fourth-order valence-electron chi connectivity index (χ4n) is 5.70.